The topological polar surface area (TPSA) is 51.2 Å². The molecule has 0 atom stereocenters. The van der Waals surface area contributed by atoms with Gasteiger partial charge < -0.3 is 10.1 Å². The van der Waals surface area contributed by atoms with E-state index in [4.69, 9.17) is 4.74 Å². The molecule has 6 heteroatoms. The third-order valence-electron chi connectivity index (χ3n) is 3.40. The Kier molecular flexibility index (Phi) is 4.99. The zero-order valence-electron chi connectivity index (χ0n) is 13.1. The van der Waals surface area contributed by atoms with E-state index in [2.05, 4.69) is 10.3 Å². The highest BCUT2D eigenvalue weighted by Gasteiger charge is 2.10. The molecule has 1 heterocycles. The van der Waals surface area contributed by atoms with Crippen molar-refractivity contribution in [3.05, 3.63) is 89.8 Å². The number of pyridine rings is 1. The van der Waals surface area contributed by atoms with Gasteiger partial charge >= 0.3 is 0 Å². The molecule has 0 spiro atoms. The lowest BCUT2D eigenvalue weighted by Crippen LogP contribution is -2.13. The Morgan fingerprint density at radius 3 is 2.52 bits per heavy atom. The predicted octanol–water partition coefficient (Wildman–Crippen LogP) is 4.19. The molecule has 0 fully saturated rings. The number of halogens is 2. The standard InChI is InChI=1S/C19H14F2N2O2/c20-14-7-9-18(17(21)10-14)23-19(24)13-6-8-15(22-11-13)12-25-16-4-2-1-3-5-16/h1-11H,12H2,(H,23,24). The number of carbonyl (C=O) groups excluding carboxylic acids is 1. The third-order valence-corrected chi connectivity index (χ3v) is 3.40. The molecule has 3 rings (SSSR count). The molecule has 2 aromatic carbocycles. The van der Waals surface area contributed by atoms with Crippen LogP contribution in [0, 0.1) is 11.6 Å². The zero-order valence-corrected chi connectivity index (χ0v) is 13.1. The van der Waals surface area contributed by atoms with Gasteiger partial charge in [0.05, 0.1) is 16.9 Å². The van der Waals surface area contributed by atoms with E-state index in [1.165, 1.54) is 6.20 Å². The van der Waals surface area contributed by atoms with Gasteiger partial charge in [0.15, 0.2) is 0 Å². The van der Waals surface area contributed by atoms with Crippen LogP contribution in [-0.4, -0.2) is 10.9 Å². The molecule has 0 unspecified atom stereocenters. The van der Waals surface area contributed by atoms with Crippen molar-refractivity contribution in [2.75, 3.05) is 5.32 Å². The van der Waals surface area contributed by atoms with Crippen LogP contribution in [0.4, 0.5) is 14.5 Å². The molecule has 0 radical (unpaired) electrons. The molecule has 3 aromatic rings. The van der Waals surface area contributed by atoms with Crippen LogP contribution in [0.25, 0.3) is 0 Å². The van der Waals surface area contributed by atoms with E-state index >= 15 is 0 Å². The molecule has 0 saturated heterocycles. The highest BCUT2D eigenvalue weighted by Crippen LogP contribution is 2.16. The normalized spacial score (nSPS) is 10.3. The minimum Gasteiger partial charge on any atom is -0.487 e. The third kappa shape index (κ3) is 4.38. The molecular weight excluding hydrogens is 326 g/mol. The zero-order chi connectivity index (χ0) is 17.6. The summed E-state index contributed by atoms with van der Waals surface area (Å²) in [5.41, 5.74) is 0.809. The number of carbonyl (C=O) groups is 1. The Labute approximate surface area is 143 Å². The van der Waals surface area contributed by atoms with Crippen molar-refractivity contribution in [3.8, 4) is 5.75 Å². The first-order valence-electron chi connectivity index (χ1n) is 7.51. The summed E-state index contributed by atoms with van der Waals surface area (Å²) in [7, 11) is 0. The Morgan fingerprint density at radius 1 is 1.04 bits per heavy atom. The van der Waals surface area contributed by atoms with Gasteiger partial charge in [-0.25, -0.2) is 8.78 Å². The quantitative estimate of drug-likeness (QED) is 0.758. The number of rotatable bonds is 5. The first-order valence-corrected chi connectivity index (χ1v) is 7.51. The van der Waals surface area contributed by atoms with Gasteiger partial charge in [0.25, 0.3) is 5.91 Å². The minimum absolute atomic E-state index is 0.0945. The van der Waals surface area contributed by atoms with E-state index < -0.39 is 17.5 Å². The molecule has 0 aliphatic carbocycles. The first kappa shape index (κ1) is 16.6. The molecule has 25 heavy (non-hydrogen) atoms. The molecule has 126 valence electrons. The van der Waals surface area contributed by atoms with Crippen LogP contribution in [0.2, 0.25) is 0 Å². The largest absolute Gasteiger partial charge is 0.487 e. The van der Waals surface area contributed by atoms with Crippen LogP contribution in [-0.2, 0) is 6.61 Å². The number of ether oxygens (including phenoxy) is 1. The van der Waals surface area contributed by atoms with Gasteiger partial charge in [0.1, 0.15) is 24.0 Å². The number of hydrogen-bond donors (Lipinski definition) is 1. The summed E-state index contributed by atoms with van der Waals surface area (Å²) in [6.07, 6.45) is 1.38. The molecule has 1 aromatic heterocycles. The van der Waals surface area contributed by atoms with E-state index in [1.807, 2.05) is 30.3 Å². The maximum Gasteiger partial charge on any atom is 0.257 e. The summed E-state index contributed by atoms with van der Waals surface area (Å²) in [5, 5.41) is 2.38. The maximum atomic E-state index is 13.6. The molecule has 0 bridgehead atoms. The van der Waals surface area contributed by atoms with Crippen molar-refractivity contribution < 1.29 is 18.3 Å². The number of hydrogen-bond acceptors (Lipinski definition) is 3. The highest BCUT2D eigenvalue weighted by atomic mass is 19.1. The smallest absolute Gasteiger partial charge is 0.257 e. The van der Waals surface area contributed by atoms with Gasteiger partial charge in [-0.3, -0.25) is 9.78 Å². The Balaban J connectivity index is 1.62. The summed E-state index contributed by atoms with van der Waals surface area (Å²) in [5.74, 6) is -1.36. The summed E-state index contributed by atoms with van der Waals surface area (Å²) in [4.78, 5) is 16.3. The summed E-state index contributed by atoms with van der Waals surface area (Å²) < 4.78 is 32.0. The molecular formula is C19H14F2N2O2. The minimum atomic E-state index is -0.839. The number of nitrogens with zero attached hydrogens (tertiary/aromatic N) is 1. The van der Waals surface area contributed by atoms with Crippen molar-refractivity contribution in [1.82, 2.24) is 4.98 Å². The van der Waals surface area contributed by atoms with Crippen molar-refractivity contribution in [2.24, 2.45) is 0 Å². The van der Waals surface area contributed by atoms with Gasteiger partial charge in [0.2, 0.25) is 0 Å². The van der Waals surface area contributed by atoms with Crippen molar-refractivity contribution in [1.29, 1.82) is 0 Å². The molecule has 0 aliphatic rings. The molecule has 0 saturated carbocycles. The summed E-state index contributed by atoms with van der Waals surface area (Å²) in [6, 6.07) is 15.4. The number of anilines is 1. The fourth-order valence-electron chi connectivity index (χ4n) is 2.10. The lowest BCUT2D eigenvalue weighted by Gasteiger charge is -2.08. The lowest BCUT2D eigenvalue weighted by molar-refractivity contribution is 0.102. The number of amides is 1. The van der Waals surface area contributed by atoms with E-state index in [1.54, 1.807) is 12.1 Å². The fraction of sp³-hybridized carbons (Fsp3) is 0.0526. The van der Waals surface area contributed by atoms with E-state index in [0.29, 0.717) is 11.8 Å². The molecule has 4 nitrogen and oxygen atoms in total. The number of aromatic nitrogens is 1. The second kappa shape index (κ2) is 7.53. The lowest BCUT2D eigenvalue weighted by atomic mass is 10.2. The van der Waals surface area contributed by atoms with Crippen molar-refractivity contribution in [3.63, 3.8) is 0 Å². The first-order chi connectivity index (χ1) is 12.1. The van der Waals surface area contributed by atoms with E-state index in [9.17, 15) is 13.6 Å². The SMILES string of the molecule is O=C(Nc1ccc(F)cc1F)c1ccc(COc2ccccc2)nc1. The van der Waals surface area contributed by atoms with E-state index in [-0.39, 0.29) is 17.9 Å². The van der Waals surface area contributed by atoms with Crippen LogP contribution in [0.15, 0.2) is 66.9 Å². The second-order valence-corrected chi connectivity index (χ2v) is 5.22. The number of para-hydroxylation sites is 1. The number of nitrogens with one attached hydrogen (secondary N) is 1. The van der Waals surface area contributed by atoms with E-state index in [0.717, 1.165) is 17.9 Å². The molecule has 1 N–H and O–H groups in total. The number of benzene rings is 2. The Morgan fingerprint density at radius 2 is 1.84 bits per heavy atom. The van der Waals surface area contributed by atoms with Crippen molar-refractivity contribution >= 4 is 11.6 Å². The monoisotopic (exact) mass is 340 g/mol. The van der Waals surface area contributed by atoms with Crippen LogP contribution in [0.1, 0.15) is 16.1 Å². The van der Waals surface area contributed by atoms with Gasteiger partial charge in [-0.2, -0.15) is 0 Å². The van der Waals surface area contributed by atoms with Gasteiger partial charge in [-0.15, -0.1) is 0 Å². The summed E-state index contributed by atoms with van der Waals surface area (Å²) >= 11 is 0. The van der Waals surface area contributed by atoms with Crippen molar-refractivity contribution in [2.45, 2.75) is 6.61 Å². The Bertz CT molecular complexity index is 868. The summed E-state index contributed by atoms with van der Waals surface area (Å²) in [6.45, 7) is 0.262. The van der Waals surface area contributed by atoms with Gasteiger partial charge in [-0.05, 0) is 36.4 Å². The fourth-order valence-corrected chi connectivity index (χ4v) is 2.10. The van der Waals surface area contributed by atoms with Crippen LogP contribution in [0.3, 0.4) is 0 Å². The van der Waals surface area contributed by atoms with Crippen LogP contribution < -0.4 is 10.1 Å². The molecule has 1 amide bonds. The van der Waals surface area contributed by atoms with Gasteiger partial charge in [0, 0.05) is 12.3 Å². The average molecular weight is 340 g/mol. The van der Waals surface area contributed by atoms with Gasteiger partial charge in [-0.1, -0.05) is 18.2 Å². The predicted molar refractivity (Wildman–Crippen MR) is 89.3 cm³/mol. The average Bonchev–Trinajstić information content (AvgIpc) is 2.63. The molecule has 0 aliphatic heterocycles. The van der Waals surface area contributed by atoms with Crippen LogP contribution in [0.5, 0.6) is 5.75 Å². The highest BCUT2D eigenvalue weighted by molar-refractivity contribution is 6.04. The Hall–Kier alpha value is -3.28. The van der Waals surface area contributed by atoms with Crippen LogP contribution >= 0.6 is 0 Å². The maximum absolute atomic E-state index is 13.6. The second-order valence-electron chi connectivity index (χ2n) is 5.22.